The second kappa shape index (κ2) is 6.34. The van der Waals surface area contributed by atoms with Gasteiger partial charge in [-0.25, -0.2) is 0 Å². The maximum Gasteiger partial charge on any atom is 0.310 e. The third-order valence-electron chi connectivity index (χ3n) is 8.55. The van der Waals surface area contributed by atoms with E-state index in [1.807, 2.05) is 6.08 Å². The summed E-state index contributed by atoms with van der Waals surface area (Å²) in [6.45, 7) is 4.43. The van der Waals surface area contributed by atoms with Gasteiger partial charge in [-0.1, -0.05) is 31.0 Å². The van der Waals surface area contributed by atoms with Gasteiger partial charge in [0.2, 0.25) is 0 Å². The first-order chi connectivity index (χ1) is 12.3. The molecule has 0 radical (unpaired) electrons. The molecule has 0 aromatic carbocycles. The van der Waals surface area contributed by atoms with Crippen LogP contribution in [0.25, 0.3) is 0 Å². The van der Waals surface area contributed by atoms with Gasteiger partial charge in [0.15, 0.2) is 11.8 Å². The minimum atomic E-state index is -0.578. The van der Waals surface area contributed by atoms with Gasteiger partial charge in [0.25, 0.3) is 0 Å². The SMILES string of the molecule is C[C@]12CC[C@H]3[C@@H](CCC4=CC(=O)CC(O)[C@@]43C)[C@@H]1CCC2C(=O)OCCl. The molecule has 3 saturated carbocycles. The Kier molecular flexibility index (Phi) is 4.51. The van der Waals surface area contributed by atoms with Crippen molar-refractivity contribution in [1.29, 1.82) is 0 Å². The monoisotopic (exact) mass is 380 g/mol. The second-order valence-corrected chi connectivity index (χ2v) is 9.52. The van der Waals surface area contributed by atoms with Gasteiger partial charge in [0.05, 0.1) is 12.0 Å². The smallest absolute Gasteiger partial charge is 0.310 e. The summed E-state index contributed by atoms with van der Waals surface area (Å²) in [6, 6.07) is -0.0748. The normalized spacial score (nSPS) is 47.5. The number of halogens is 1. The molecule has 0 spiro atoms. The molecule has 0 aromatic rings. The van der Waals surface area contributed by atoms with Crippen molar-refractivity contribution in [3.8, 4) is 0 Å². The molecule has 4 nitrogen and oxygen atoms in total. The highest BCUT2D eigenvalue weighted by molar-refractivity contribution is 6.17. The zero-order valence-electron chi connectivity index (χ0n) is 15.7. The van der Waals surface area contributed by atoms with Crippen LogP contribution in [0.3, 0.4) is 0 Å². The molecule has 1 N–H and O–H groups in total. The second-order valence-electron chi connectivity index (χ2n) is 9.30. The molecule has 5 heteroatoms. The summed E-state index contributed by atoms with van der Waals surface area (Å²) in [5.74, 6) is 1.24. The van der Waals surface area contributed by atoms with Crippen molar-refractivity contribution in [2.24, 2.45) is 34.5 Å². The predicted octanol–water partition coefficient (Wildman–Crippen LogP) is 3.84. The molecule has 26 heavy (non-hydrogen) atoms. The Morgan fingerprint density at radius 3 is 2.77 bits per heavy atom. The standard InChI is InChI=1S/C21H29ClO4/c1-20-8-7-16-14(15(20)5-6-17(20)19(25)26-11-22)4-3-12-9-13(23)10-18(24)21(12,16)2/h9,14-18,24H,3-8,10-11H2,1-2H3/t14-,15-,16-,17?,18?,20-,21-/m0/s1. The van der Waals surface area contributed by atoms with Crippen LogP contribution in [0.1, 0.15) is 58.8 Å². The van der Waals surface area contributed by atoms with E-state index in [-0.39, 0.29) is 41.0 Å². The summed E-state index contributed by atoms with van der Waals surface area (Å²) in [5, 5.41) is 10.8. The fourth-order valence-corrected chi connectivity index (χ4v) is 7.26. The van der Waals surface area contributed by atoms with Crippen LogP contribution in [-0.4, -0.2) is 29.0 Å². The summed E-state index contributed by atoms with van der Waals surface area (Å²) < 4.78 is 5.15. The van der Waals surface area contributed by atoms with Crippen molar-refractivity contribution in [3.63, 3.8) is 0 Å². The molecule has 0 aromatic heterocycles. The number of hydrogen-bond donors (Lipinski definition) is 1. The highest BCUT2D eigenvalue weighted by Gasteiger charge is 2.62. The van der Waals surface area contributed by atoms with Gasteiger partial charge in [-0.3, -0.25) is 9.59 Å². The summed E-state index contributed by atoms with van der Waals surface area (Å²) in [7, 11) is 0. The van der Waals surface area contributed by atoms with E-state index in [1.165, 1.54) is 0 Å². The van der Waals surface area contributed by atoms with Crippen LogP contribution in [0.15, 0.2) is 11.6 Å². The van der Waals surface area contributed by atoms with Gasteiger partial charge in [-0.15, -0.1) is 0 Å². The molecule has 4 aliphatic carbocycles. The summed E-state index contributed by atoms with van der Waals surface area (Å²) in [6.07, 6.45) is 7.33. The van der Waals surface area contributed by atoms with Gasteiger partial charge >= 0.3 is 5.97 Å². The number of ketones is 1. The Balaban J connectivity index is 1.64. The quantitative estimate of drug-likeness (QED) is 0.583. The maximum atomic E-state index is 12.5. The first-order valence-corrected chi connectivity index (χ1v) is 10.5. The predicted molar refractivity (Wildman–Crippen MR) is 98.4 cm³/mol. The number of aliphatic hydroxyl groups excluding tert-OH is 1. The van der Waals surface area contributed by atoms with E-state index in [2.05, 4.69) is 13.8 Å². The molecule has 0 aliphatic heterocycles. The Bertz CT molecular complexity index is 658. The lowest BCUT2D eigenvalue weighted by Crippen LogP contribution is -2.55. The number of aliphatic hydroxyl groups is 1. The number of fused-ring (bicyclic) bond motifs is 5. The molecule has 0 heterocycles. The topological polar surface area (TPSA) is 63.6 Å². The van der Waals surface area contributed by atoms with Crippen LogP contribution in [0.5, 0.6) is 0 Å². The van der Waals surface area contributed by atoms with Crippen molar-refractivity contribution in [1.82, 2.24) is 0 Å². The van der Waals surface area contributed by atoms with E-state index < -0.39 is 6.10 Å². The van der Waals surface area contributed by atoms with Gasteiger partial charge in [0, 0.05) is 11.8 Å². The lowest BCUT2D eigenvalue weighted by Gasteiger charge is -2.59. The summed E-state index contributed by atoms with van der Waals surface area (Å²) in [4.78, 5) is 24.4. The first-order valence-electron chi connectivity index (χ1n) is 9.97. The Hall–Kier alpha value is -0.870. The van der Waals surface area contributed by atoms with E-state index in [9.17, 15) is 14.7 Å². The highest BCUT2D eigenvalue weighted by atomic mass is 35.5. The largest absolute Gasteiger partial charge is 0.449 e. The van der Waals surface area contributed by atoms with Crippen LogP contribution < -0.4 is 0 Å². The molecule has 3 fully saturated rings. The maximum absolute atomic E-state index is 12.5. The number of ether oxygens (including phenoxy) is 1. The molecule has 4 aliphatic rings. The van der Waals surface area contributed by atoms with Crippen molar-refractivity contribution in [2.45, 2.75) is 64.9 Å². The molecule has 2 unspecified atom stereocenters. The van der Waals surface area contributed by atoms with Gasteiger partial charge in [-0.2, -0.15) is 0 Å². The van der Waals surface area contributed by atoms with Crippen molar-refractivity contribution >= 4 is 23.4 Å². The minimum absolute atomic E-state index is 0.0304. The molecular weight excluding hydrogens is 352 g/mol. The average Bonchev–Trinajstić information content (AvgIpc) is 2.94. The fraction of sp³-hybridized carbons (Fsp3) is 0.810. The van der Waals surface area contributed by atoms with Crippen LogP contribution in [0.2, 0.25) is 0 Å². The summed E-state index contributed by atoms with van der Waals surface area (Å²) in [5.41, 5.74) is 0.840. The van der Waals surface area contributed by atoms with Crippen LogP contribution in [-0.2, 0) is 14.3 Å². The minimum Gasteiger partial charge on any atom is -0.449 e. The van der Waals surface area contributed by atoms with Crippen molar-refractivity contribution in [2.75, 3.05) is 6.07 Å². The molecule has 0 bridgehead atoms. The highest BCUT2D eigenvalue weighted by Crippen LogP contribution is 2.66. The van der Waals surface area contributed by atoms with E-state index in [1.54, 1.807) is 0 Å². The first kappa shape index (κ1) is 18.5. The van der Waals surface area contributed by atoms with E-state index in [4.69, 9.17) is 16.3 Å². The molecule has 144 valence electrons. The van der Waals surface area contributed by atoms with E-state index in [0.29, 0.717) is 17.8 Å². The van der Waals surface area contributed by atoms with Crippen LogP contribution in [0.4, 0.5) is 0 Å². The van der Waals surface area contributed by atoms with Crippen molar-refractivity contribution < 1.29 is 19.4 Å². The number of hydrogen-bond acceptors (Lipinski definition) is 4. The summed E-state index contributed by atoms with van der Waals surface area (Å²) >= 11 is 5.62. The Morgan fingerprint density at radius 1 is 1.27 bits per heavy atom. The lowest BCUT2D eigenvalue weighted by atomic mass is 9.46. The lowest BCUT2D eigenvalue weighted by molar-refractivity contribution is -0.155. The average molecular weight is 381 g/mol. The Labute approximate surface area is 160 Å². The third-order valence-corrected chi connectivity index (χ3v) is 8.66. The fourth-order valence-electron chi connectivity index (χ4n) is 7.15. The third kappa shape index (κ3) is 2.44. The molecular formula is C21H29ClO4. The number of rotatable bonds is 2. The van der Waals surface area contributed by atoms with Crippen LogP contribution >= 0.6 is 11.6 Å². The van der Waals surface area contributed by atoms with Crippen LogP contribution in [0, 0.1) is 34.5 Å². The van der Waals surface area contributed by atoms with E-state index in [0.717, 1.165) is 44.1 Å². The molecule has 4 rings (SSSR count). The number of alkyl halides is 1. The molecule has 0 saturated heterocycles. The zero-order chi connectivity index (χ0) is 18.7. The molecule has 0 amide bonds. The van der Waals surface area contributed by atoms with Gasteiger partial charge in [-0.05, 0) is 67.8 Å². The zero-order valence-corrected chi connectivity index (χ0v) is 16.4. The number of carbonyl (C=O) groups is 2. The van der Waals surface area contributed by atoms with Crippen molar-refractivity contribution in [3.05, 3.63) is 11.6 Å². The number of esters is 1. The van der Waals surface area contributed by atoms with Gasteiger partial charge in [0.1, 0.15) is 0 Å². The van der Waals surface area contributed by atoms with E-state index >= 15 is 0 Å². The van der Waals surface area contributed by atoms with Gasteiger partial charge < -0.3 is 9.84 Å². The molecule has 7 atom stereocenters. The Morgan fingerprint density at radius 2 is 2.04 bits per heavy atom. The number of carbonyl (C=O) groups excluding carboxylic acids is 2.